The Morgan fingerprint density at radius 3 is 1.54 bits per heavy atom. The zero-order chi connectivity index (χ0) is 26.2. The predicted octanol–water partition coefficient (Wildman–Crippen LogP) is 10.7. The van der Waals surface area contributed by atoms with E-state index >= 15 is 0 Å². The molecule has 0 aliphatic carbocycles. The number of ether oxygens (including phenoxy) is 1. The molecule has 0 aromatic heterocycles. The quantitative estimate of drug-likeness (QED) is 0.0999. The molecule has 1 unspecified atom stereocenters. The topological polar surface area (TPSA) is 36.9 Å². The van der Waals surface area contributed by atoms with Gasteiger partial charge in [-0.3, -0.25) is 4.52 Å². The number of unbranched alkanes of at least 4 members (excludes halogenated alkanes) is 12. The van der Waals surface area contributed by atoms with Gasteiger partial charge in [0.15, 0.2) is 0 Å². The molecule has 0 aliphatic heterocycles. The van der Waals surface area contributed by atoms with Crippen molar-refractivity contribution < 1.29 is 18.3 Å². The van der Waals surface area contributed by atoms with E-state index in [4.69, 9.17) is 18.3 Å². The summed E-state index contributed by atoms with van der Waals surface area (Å²) in [6.07, 6.45) is 19.2. The van der Waals surface area contributed by atoms with E-state index in [2.05, 4.69) is 13.8 Å². The van der Waals surface area contributed by atoms with Crippen LogP contribution in [-0.4, -0.2) is 19.3 Å². The Morgan fingerprint density at radius 1 is 0.568 bits per heavy atom. The Morgan fingerprint density at radius 2 is 1.03 bits per heavy atom. The van der Waals surface area contributed by atoms with Crippen LogP contribution >= 0.6 is 8.60 Å². The third kappa shape index (κ3) is 16.8. The van der Waals surface area contributed by atoms with Crippen LogP contribution in [-0.2, 0) is 9.26 Å². The first kappa shape index (κ1) is 31.6. The molecule has 0 N–H and O–H groups in total. The Kier molecular flexibility index (Phi) is 19.1. The van der Waals surface area contributed by atoms with Gasteiger partial charge < -0.3 is 13.8 Å². The molecule has 0 bridgehead atoms. The van der Waals surface area contributed by atoms with E-state index in [-0.39, 0.29) is 6.10 Å². The van der Waals surface area contributed by atoms with Gasteiger partial charge in [0, 0.05) is 6.61 Å². The summed E-state index contributed by atoms with van der Waals surface area (Å²) >= 11 is 0. The molecule has 2 rings (SSSR count). The Hall–Kier alpha value is -1.61. The fourth-order valence-electron chi connectivity index (χ4n) is 4.20. The first-order chi connectivity index (χ1) is 18.3. The maximum absolute atomic E-state index is 6.34. The highest BCUT2D eigenvalue weighted by molar-refractivity contribution is 7.42. The van der Waals surface area contributed by atoms with Crippen LogP contribution in [0, 0.1) is 0 Å². The van der Waals surface area contributed by atoms with Crippen molar-refractivity contribution in [2.75, 3.05) is 13.2 Å². The van der Waals surface area contributed by atoms with Crippen molar-refractivity contribution in [3.8, 4) is 11.5 Å². The van der Waals surface area contributed by atoms with Gasteiger partial charge in [0.2, 0.25) is 0 Å². The van der Waals surface area contributed by atoms with E-state index in [0.29, 0.717) is 6.61 Å². The molecular formula is C32H51O4P. The number of rotatable bonds is 24. The smallest absolute Gasteiger partial charge is 0.418 e. The van der Waals surface area contributed by atoms with Crippen LogP contribution in [0.25, 0.3) is 0 Å². The van der Waals surface area contributed by atoms with Gasteiger partial charge in [-0.05, 0) is 37.1 Å². The van der Waals surface area contributed by atoms with Crippen molar-refractivity contribution in [3.63, 3.8) is 0 Å². The van der Waals surface area contributed by atoms with E-state index in [1.165, 1.54) is 83.5 Å². The monoisotopic (exact) mass is 530 g/mol. The molecule has 37 heavy (non-hydrogen) atoms. The average molecular weight is 531 g/mol. The lowest BCUT2D eigenvalue weighted by Crippen LogP contribution is -2.21. The van der Waals surface area contributed by atoms with Gasteiger partial charge in [-0.15, -0.1) is 0 Å². The van der Waals surface area contributed by atoms with Crippen LogP contribution in [0.2, 0.25) is 0 Å². The molecule has 0 radical (unpaired) electrons. The van der Waals surface area contributed by atoms with Crippen molar-refractivity contribution in [1.82, 2.24) is 0 Å². The maximum atomic E-state index is 6.34. The fourth-order valence-corrected chi connectivity index (χ4v) is 5.22. The van der Waals surface area contributed by atoms with Crippen LogP contribution < -0.4 is 9.05 Å². The summed E-state index contributed by atoms with van der Waals surface area (Å²) in [6, 6.07) is 19.5. The van der Waals surface area contributed by atoms with Gasteiger partial charge in [0.25, 0.3) is 0 Å². The summed E-state index contributed by atoms with van der Waals surface area (Å²) < 4.78 is 24.8. The summed E-state index contributed by atoms with van der Waals surface area (Å²) in [5.41, 5.74) is 0. The minimum Gasteiger partial charge on any atom is -0.418 e. The Labute approximate surface area is 228 Å². The highest BCUT2D eigenvalue weighted by Gasteiger charge is 2.20. The Balaban J connectivity index is 1.82. The van der Waals surface area contributed by atoms with Gasteiger partial charge in [0.05, 0.1) is 12.7 Å². The first-order valence-electron chi connectivity index (χ1n) is 14.8. The molecule has 0 fully saturated rings. The molecule has 208 valence electrons. The van der Waals surface area contributed by atoms with E-state index in [9.17, 15) is 0 Å². The summed E-state index contributed by atoms with van der Waals surface area (Å²) in [5.74, 6) is 1.49. The highest BCUT2D eigenvalue weighted by atomic mass is 31.2. The van der Waals surface area contributed by atoms with E-state index < -0.39 is 8.60 Å². The van der Waals surface area contributed by atoms with Crippen LogP contribution in [0.1, 0.15) is 110 Å². The molecule has 0 saturated heterocycles. The molecular weight excluding hydrogens is 479 g/mol. The zero-order valence-corrected chi connectivity index (χ0v) is 24.3. The van der Waals surface area contributed by atoms with E-state index in [1.54, 1.807) is 0 Å². The van der Waals surface area contributed by atoms with Crippen molar-refractivity contribution in [3.05, 3.63) is 60.7 Å². The molecule has 0 aliphatic rings. The maximum Gasteiger partial charge on any atom is 0.463 e. The predicted molar refractivity (Wildman–Crippen MR) is 157 cm³/mol. The largest absolute Gasteiger partial charge is 0.463 e. The first-order valence-corrected chi connectivity index (χ1v) is 15.9. The summed E-state index contributed by atoms with van der Waals surface area (Å²) in [4.78, 5) is 0. The normalized spacial score (nSPS) is 12.1. The molecule has 2 aromatic carbocycles. The highest BCUT2D eigenvalue weighted by Crippen LogP contribution is 2.41. The number of hydrogen-bond donors (Lipinski definition) is 0. The van der Waals surface area contributed by atoms with Crippen LogP contribution in [0.3, 0.4) is 0 Å². The molecule has 4 nitrogen and oxygen atoms in total. The van der Waals surface area contributed by atoms with E-state index in [0.717, 1.165) is 30.9 Å². The molecule has 0 saturated carbocycles. The van der Waals surface area contributed by atoms with E-state index in [1.807, 2.05) is 60.7 Å². The fraction of sp³-hybridized carbons (Fsp3) is 0.625. The van der Waals surface area contributed by atoms with Gasteiger partial charge >= 0.3 is 8.60 Å². The van der Waals surface area contributed by atoms with Crippen molar-refractivity contribution in [2.45, 2.75) is 116 Å². The van der Waals surface area contributed by atoms with Crippen molar-refractivity contribution in [2.24, 2.45) is 0 Å². The van der Waals surface area contributed by atoms with Crippen molar-refractivity contribution in [1.29, 1.82) is 0 Å². The lowest BCUT2D eigenvalue weighted by molar-refractivity contribution is 0.00988. The van der Waals surface area contributed by atoms with Gasteiger partial charge in [-0.2, -0.15) is 0 Å². The molecule has 5 heteroatoms. The zero-order valence-electron chi connectivity index (χ0n) is 23.5. The molecule has 2 aromatic rings. The molecule has 0 heterocycles. The Bertz CT molecular complexity index is 701. The lowest BCUT2D eigenvalue weighted by atomic mass is 10.1. The average Bonchev–Trinajstić information content (AvgIpc) is 2.93. The number of benzene rings is 2. The molecule has 0 amide bonds. The van der Waals surface area contributed by atoms with Crippen molar-refractivity contribution >= 4 is 8.60 Å². The standard InChI is InChI=1S/C32H51O4P/c1-3-5-7-9-11-12-14-22-28-33-32(27-17-13-10-8-6-4-2)29-34-37(35-30-23-18-15-19-24-30)36-31-25-20-16-21-26-31/h15-16,18-21,23-26,32H,3-14,17,22,27-29H2,1-2H3. The molecule has 0 spiro atoms. The third-order valence-electron chi connectivity index (χ3n) is 6.44. The third-order valence-corrected chi connectivity index (χ3v) is 7.52. The van der Waals surface area contributed by atoms with Crippen LogP contribution in [0.4, 0.5) is 0 Å². The van der Waals surface area contributed by atoms with Gasteiger partial charge in [-0.25, -0.2) is 0 Å². The minimum atomic E-state index is -1.58. The second-order valence-corrected chi connectivity index (χ2v) is 10.9. The SMILES string of the molecule is CCCCCCCCCCOC(CCCCCCCC)COP(Oc1ccccc1)Oc1ccccc1. The van der Waals surface area contributed by atoms with Gasteiger partial charge in [0.1, 0.15) is 11.5 Å². The van der Waals surface area contributed by atoms with Crippen LogP contribution in [0.5, 0.6) is 11.5 Å². The number of para-hydroxylation sites is 2. The number of hydrogen-bond acceptors (Lipinski definition) is 4. The second-order valence-electron chi connectivity index (χ2n) is 9.85. The second kappa shape index (κ2) is 22.4. The summed E-state index contributed by atoms with van der Waals surface area (Å²) in [7, 11) is -1.58. The lowest BCUT2D eigenvalue weighted by Gasteiger charge is -2.22. The van der Waals surface area contributed by atoms with Crippen LogP contribution in [0.15, 0.2) is 60.7 Å². The summed E-state index contributed by atoms with van der Waals surface area (Å²) in [6.45, 7) is 5.82. The summed E-state index contributed by atoms with van der Waals surface area (Å²) in [5, 5.41) is 0. The van der Waals surface area contributed by atoms with Gasteiger partial charge in [-0.1, -0.05) is 134 Å². The minimum absolute atomic E-state index is 0.0690. The molecule has 1 atom stereocenters.